The fraction of sp³-hybridized carbons (Fsp3) is 0.643. The molecular weight excluding hydrogens is 322 g/mol. The minimum Gasteiger partial charge on any atom is -0.356 e. The van der Waals surface area contributed by atoms with E-state index in [1.807, 2.05) is 7.05 Å². The molecule has 0 unspecified atom stereocenters. The summed E-state index contributed by atoms with van der Waals surface area (Å²) in [5.74, 6) is 1.04. The van der Waals surface area contributed by atoms with Crippen molar-refractivity contribution in [3.63, 3.8) is 0 Å². The van der Waals surface area contributed by atoms with Crippen LogP contribution in [0, 0.1) is 5.41 Å². The topological polar surface area (TPSA) is 27.6 Å². The monoisotopic (exact) mass is 343 g/mol. The number of aliphatic imine (C=N–C) groups is 1. The van der Waals surface area contributed by atoms with E-state index in [2.05, 4.69) is 57.1 Å². The Labute approximate surface area is 128 Å². The van der Waals surface area contributed by atoms with Gasteiger partial charge in [0.1, 0.15) is 0 Å². The quantitative estimate of drug-likeness (QED) is 0.673. The highest BCUT2D eigenvalue weighted by atomic mass is 79.9. The zero-order valence-electron chi connectivity index (χ0n) is 11.9. The van der Waals surface area contributed by atoms with Crippen molar-refractivity contribution in [2.45, 2.75) is 26.7 Å². The highest BCUT2D eigenvalue weighted by Crippen LogP contribution is 2.28. The van der Waals surface area contributed by atoms with Crippen molar-refractivity contribution in [2.75, 3.05) is 26.7 Å². The van der Waals surface area contributed by atoms with Gasteiger partial charge in [-0.3, -0.25) is 4.99 Å². The Hall–Kier alpha value is -0.550. The summed E-state index contributed by atoms with van der Waals surface area (Å²) in [4.78, 5) is 8.16. The van der Waals surface area contributed by atoms with E-state index in [4.69, 9.17) is 0 Å². The van der Waals surface area contributed by atoms with Gasteiger partial charge in [-0.2, -0.15) is 0 Å². The summed E-state index contributed by atoms with van der Waals surface area (Å²) >= 11 is 5.30. The predicted octanol–water partition coefficient (Wildman–Crippen LogP) is 3.36. The largest absolute Gasteiger partial charge is 0.356 e. The van der Waals surface area contributed by atoms with Crippen LogP contribution in [-0.2, 0) is 6.42 Å². The average molecular weight is 344 g/mol. The Morgan fingerprint density at radius 1 is 1.53 bits per heavy atom. The first kappa shape index (κ1) is 14.9. The lowest BCUT2D eigenvalue weighted by Crippen LogP contribution is -2.41. The Morgan fingerprint density at radius 2 is 2.32 bits per heavy atom. The zero-order chi connectivity index (χ0) is 13.9. The minimum atomic E-state index is 0.413. The van der Waals surface area contributed by atoms with Gasteiger partial charge in [-0.05, 0) is 46.3 Å². The molecular formula is C14H22BrN3S. The van der Waals surface area contributed by atoms with Gasteiger partial charge in [0.2, 0.25) is 0 Å². The molecule has 0 radical (unpaired) electrons. The molecule has 1 aliphatic rings. The first-order chi connectivity index (χ1) is 9.00. The number of hydrogen-bond acceptors (Lipinski definition) is 2. The molecule has 0 spiro atoms. The zero-order valence-corrected chi connectivity index (χ0v) is 14.3. The van der Waals surface area contributed by atoms with Crippen LogP contribution in [0.3, 0.4) is 0 Å². The maximum absolute atomic E-state index is 4.40. The van der Waals surface area contributed by atoms with Gasteiger partial charge in [0.05, 0.1) is 3.79 Å². The smallest absolute Gasteiger partial charge is 0.193 e. The Bertz CT molecular complexity index is 453. The number of thiophene rings is 1. The maximum Gasteiger partial charge on any atom is 0.193 e. The van der Waals surface area contributed by atoms with Crippen molar-refractivity contribution < 1.29 is 0 Å². The molecule has 5 heteroatoms. The summed E-state index contributed by atoms with van der Waals surface area (Å²) in [5, 5.41) is 3.47. The maximum atomic E-state index is 4.40. The van der Waals surface area contributed by atoms with Crippen molar-refractivity contribution in [3.8, 4) is 0 Å². The van der Waals surface area contributed by atoms with Gasteiger partial charge in [-0.15, -0.1) is 11.3 Å². The second kappa shape index (κ2) is 6.27. The van der Waals surface area contributed by atoms with Crippen LogP contribution in [0.2, 0.25) is 0 Å². The fourth-order valence-corrected chi connectivity index (χ4v) is 3.89. The average Bonchev–Trinajstić information content (AvgIpc) is 2.91. The van der Waals surface area contributed by atoms with Gasteiger partial charge in [0.15, 0.2) is 5.96 Å². The van der Waals surface area contributed by atoms with E-state index in [1.165, 1.54) is 15.1 Å². The number of hydrogen-bond donors (Lipinski definition) is 1. The SMILES string of the molecule is CN=C(NCCc1ccc(Br)s1)N1CCC(C)(C)C1. The van der Waals surface area contributed by atoms with E-state index < -0.39 is 0 Å². The van der Waals surface area contributed by atoms with Crippen molar-refractivity contribution in [3.05, 3.63) is 20.8 Å². The molecule has 1 saturated heterocycles. The molecule has 0 amide bonds. The third kappa shape index (κ3) is 4.21. The van der Waals surface area contributed by atoms with Crippen LogP contribution < -0.4 is 5.32 Å². The number of likely N-dealkylation sites (tertiary alicyclic amines) is 1. The molecule has 0 aromatic carbocycles. The molecule has 1 fully saturated rings. The Balaban J connectivity index is 1.81. The van der Waals surface area contributed by atoms with Crippen molar-refractivity contribution in [1.82, 2.24) is 10.2 Å². The summed E-state index contributed by atoms with van der Waals surface area (Å²) in [6.07, 6.45) is 2.29. The lowest BCUT2D eigenvalue weighted by Gasteiger charge is -2.23. The highest BCUT2D eigenvalue weighted by Gasteiger charge is 2.30. The van der Waals surface area contributed by atoms with Crippen LogP contribution in [0.1, 0.15) is 25.1 Å². The lowest BCUT2D eigenvalue weighted by atomic mass is 9.93. The van der Waals surface area contributed by atoms with E-state index >= 15 is 0 Å². The van der Waals surface area contributed by atoms with E-state index in [0.29, 0.717) is 5.41 Å². The van der Waals surface area contributed by atoms with Crippen molar-refractivity contribution in [2.24, 2.45) is 10.4 Å². The van der Waals surface area contributed by atoms with E-state index in [-0.39, 0.29) is 0 Å². The van der Waals surface area contributed by atoms with Crippen LogP contribution in [-0.4, -0.2) is 37.5 Å². The highest BCUT2D eigenvalue weighted by molar-refractivity contribution is 9.11. The standard InChI is InChI=1S/C14H22BrN3S/c1-14(2)7-9-18(10-14)13(16-3)17-8-6-11-4-5-12(15)19-11/h4-5H,6-10H2,1-3H3,(H,16,17). The molecule has 0 bridgehead atoms. The first-order valence-electron chi connectivity index (χ1n) is 6.70. The van der Waals surface area contributed by atoms with Crippen LogP contribution in [0.4, 0.5) is 0 Å². The predicted molar refractivity (Wildman–Crippen MR) is 87.1 cm³/mol. The van der Waals surface area contributed by atoms with Gasteiger partial charge in [-0.25, -0.2) is 0 Å². The third-order valence-electron chi connectivity index (χ3n) is 3.47. The minimum absolute atomic E-state index is 0.413. The number of nitrogens with zero attached hydrogens (tertiary/aromatic N) is 2. The molecule has 1 aliphatic heterocycles. The summed E-state index contributed by atoms with van der Waals surface area (Å²) in [5.41, 5.74) is 0.413. The van der Waals surface area contributed by atoms with E-state index in [9.17, 15) is 0 Å². The molecule has 0 aliphatic carbocycles. The number of nitrogens with one attached hydrogen (secondary N) is 1. The molecule has 3 nitrogen and oxygen atoms in total. The summed E-state index contributed by atoms with van der Waals surface area (Å²) in [6.45, 7) is 7.79. The van der Waals surface area contributed by atoms with Crippen LogP contribution in [0.25, 0.3) is 0 Å². The molecule has 2 rings (SSSR count). The normalized spacial score (nSPS) is 18.9. The number of guanidine groups is 1. The molecule has 0 saturated carbocycles. The molecule has 106 valence electrons. The molecule has 0 atom stereocenters. The van der Waals surface area contributed by atoms with E-state index in [1.54, 1.807) is 11.3 Å². The molecule has 2 heterocycles. The number of halogens is 1. The van der Waals surface area contributed by atoms with Crippen LogP contribution in [0.5, 0.6) is 0 Å². The second-order valence-electron chi connectivity index (χ2n) is 5.77. The lowest BCUT2D eigenvalue weighted by molar-refractivity contribution is 0.370. The molecule has 1 aromatic heterocycles. The summed E-state index contributed by atoms with van der Waals surface area (Å²) in [7, 11) is 1.87. The van der Waals surface area contributed by atoms with Gasteiger partial charge < -0.3 is 10.2 Å². The Morgan fingerprint density at radius 3 is 2.84 bits per heavy atom. The third-order valence-corrected chi connectivity index (χ3v) is 5.16. The van der Waals surface area contributed by atoms with Crippen molar-refractivity contribution in [1.29, 1.82) is 0 Å². The van der Waals surface area contributed by atoms with Gasteiger partial charge in [0.25, 0.3) is 0 Å². The van der Waals surface area contributed by atoms with Crippen LogP contribution >= 0.6 is 27.3 Å². The molecule has 19 heavy (non-hydrogen) atoms. The van der Waals surface area contributed by atoms with Gasteiger partial charge >= 0.3 is 0 Å². The summed E-state index contributed by atoms with van der Waals surface area (Å²) in [6, 6.07) is 4.29. The number of rotatable bonds is 3. The fourth-order valence-electron chi connectivity index (χ4n) is 2.41. The van der Waals surface area contributed by atoms with Crippen molar-refractivity contribution >= 4 is 33.2 Å². The molecule has 1 N–H and O–H groups in total. The van der Waals surface area contributed by atoms with Gasteiger partial charge in [-0.1, -0.05) is 13.8 Å². The van der Waals surface area contributed by atoms with Gasteiger partial charge in [0, 0.05) is 31.6 Å². The second-order valence-corrected chi connectivity index (χ2v) is 8.31. The van der Waals surface area contributed by atoms with E-state index in [0.717, 1.165) is 32.0 Å². The summed E-state index contributed by atoms with van der Waals surface area (Å²) < 4.78 is 1.20. The van der Waals surface area contributed by atoms with Crippen LogP contribution in [0.15, 0.2) is 20.9 Å². The molecule has 1 aromatic rings. The Kier molecular flexibility index (Phi) is 4.90. The first-order valence-corrected chi connectivity index (χ1v) is 8.31.